The quantitative estimate of drug-likeness (QED) is 0.841. The van der Waals surface area contributed by atoms with Crippen LogP contribution >= 0.6 is 0 Å². The van der Waals surface area contributed by atoms with Crippen LogP contribution in [0, 0.1) is 13.8 Å². The standard InChI is InChI=1S/C14H17N3O/c1-10-4-12(9-18)5-11(2)14(10)7-15-13-6-16-17(3)8-13/h4-8,18H,9H2,1-3H3. The number of aliphatic hydroxyl groups excluding tert-OH is 1. The van der Waals surface area contributed by atoms with Gasteiger partial charge in [-0.15, -0.1) is 0 Å². The van der Waals surface area contributed by atoms with Crippen molar-refractivity contribution in [3.63, 3.8) is 0 Å². The van der Waals surface area contributed by atoms with Gasteiger partial charge in [-0.25, -0.2) is 0 Å². The van der Waals surface area contributed by atoms with Crippen molar-refractivity contribution >= 4 is 11.9 Å². The van der Waals surface area contributed by atoms with Crippen LogP contribution in [0.4, 0.5) is 5.69 Å². The first-order valence-electron chi connectivity index (χ1n) is 5.84. The molecule has 0 saturated heterocycles. The third-order valence-electron chi connectivity index (χ3n) is 2.87. The molecule has 94 valence electrons. The van der Waals surface area contributed by atoms with Crippen LogP contribution in [0.1, 0.15) is 22.3 Å². The van der Waals surface area contributed by atoms with E-state index in [2.05, 4.69) is 10.1 Å². The van der Waals surface area contributed by atoms with Crippen molar-refractivity contribution in [1.82, 2.24) is 9.78 Å². The number of aryl methyl sites for hydroxylation is 3. The summed E-state index contributed by atoms with van der Waals surface area (Å²) in [6.45, 7) is 4.12. The maximum Gasteiger partial charge on any atom is 0.101 e. The first kappa shape index (κ1) is 12.5. The second-order valence-electron chi connectivity index (χ2n) is 4.43. The summed E-state index contributed by atoms with van der Waals surface area (Å²) in [5.41, 5.74) is 5.10. The van der Waals surface area contributed by atoms with E-state index in [0.717, 1.165) is 27.9 Å². The molecule has 0 aliphatic carbocycles. The lowest BCUT2D eigenvalue weighted by atomic mass is 10.0. The van der Waals surface area contributed by atoms with Crippen LogP contribution < -0.4 is 0 Å². The predicted molar refractivity (Wildman–Crippen MR) is 72.3 cm³/mol. The van der Waals surface area contributed by atoms with Gasteiger partial charge in [0.15, 0.2) is 0 Å². The van der Waals surface area contributed by atoms with Crippen molar-refractivity contribution in [3.05, 3.63) is 46.8 Å². The molecule has 0 fully saturated rings. The Hall–Kier alpha value is -1.94. The monoisotopic (exact) mass is 243 g/mol. The molecular weight excluding hydrogens is 226 g/mol. The van der Waals surface area contributed by atoms with Crippen LogP contribution in [0.25, 0.3) is 0 Å². The number of benzene rings is 1. The van der Waals surface area contributed by atoms with Crippen LogP contribution in [0.3, 0.4) is 0 Å². The second kappa shape index (κ2) is 5.14. The predicted octanol–water partition coefficient (Wildman–Crippen LogP) is 2.28. The van der Waals surface area contributed by atoms with Gasteiger partial charge in [0.05, 0.1) is 19.0 Å². The van der Waals surface area contributed by atoms with E-state index in [0.29, 0.717) is 0 Å². The number of aliphatic hydroxyl groups is 1. The minimum atomic E-state index is 0.0711. The van der Waals surface area contributed by atoms with Gasteiger partial charge in [-0.3, -0.25) is 9.67 Å². The fourth-order valence-corrected chi connectivity index (χ4v) is 1.97. The van der Waals surface area contributed by atoms with Gasteiger partial charge in [0.1, 0.15) is 5.69 Å². The smallest absolute Gasteiger partial charge is 0.101 e. The highest BCUT2D eigenvalue weighted by molar-refractivity contribution is 5.85. The molecule has 0 spiro atoms. The topological polar surface area (TPSA) is 50.4 Å². The van der Waals surface area contributed by atoms with Crippen LogP contribution in [0.15, 0.2) is 29.5 Å². The van der Waals surface area contributed by atoms with Crippen LogP contribution in [-0.2, 0) is 13.7 Å². The number of hydrogen-bond acceptors (Lipinski definition) is 3. The first-order valence-corrected chi connectivity index (χ1v) is 5.84. The highest BCUT2D eigenvalue weighted by atomic mass is 16.3. The van der Waals surface area contributed by atoms with E-state index < -0.39 is 0 Å². The van der Waals surface area contributed by atoms with Gasteiger partial charge in [-0.1, -0.05) is 12.1 Å². The third-order valence-corrected chi connectivity index (χ3v) is 2.87. The molecule has 0 bridgehead atoms. The molecule has 18 heavy (non-hydrogen) atoms. The molecule has 0 aliphatic heterocycles. The Kier molecular flexibility index (Phi) is 3.58. The minimum absolute atomic E-state index is 0.0711. The van der Waals surface area contributed by atoms with Gasteiger partial charge in [-0.05, 0) is 36.1 Å². The van der Waals surface area contributed by atoms with Crippen molar-refractivity contribution in [1.29, 1.82) is 0 Å². The molecule has 1 aromatic carbocycles. The number of nitrogens with zero attached hydrogens (tertiary/aromatic N) is 3. The van der Waals surface area contributed by atoms with Gasteiger partial charge in [-0.2, -0.15) is 5.10 Å². The lowest BCUT2D eigenvalue weighted by Gasteiger charge is -2.07. The van der Waals surface area contributed by atoms with E-state index in [4.69, 9.17) is 5.11 Å². The van der Waals surface area contributed by atoms with E-state index in [1.54, 1.807) is 10.9 Å². The number of hydrogen-bond donors (Lipinski definition) is 1. The molecule has 2 rings (SSSR count). The van der Waals surface area contributed by atoms with Crippen molar-refractivity contribution in [2.75, 3.05) is 0 Å². The zero-order valence-corrected chi connectivity index (χ0v) is 10.9. The van der Waals surface area contributed by atoms with Crippen molar-refractivity contribution in [3.8, 4) is 0 Å². The van der Waals surface area contributed by atoms with E-state index in [9.17, 15) is 0 Å². The molecule has 0 atom stereocenters. The fourth-order valence-electron chi connectivity index (χ4n) is 1.97. The van der Waals surface area contributed by atoms with E-state index in [1.807, 2.05) is 45.4 Å². The zero-order valence-electron chi connectivity index (χ0n) is 10.9. The Bertz CT molecular complexity index is 561. The summed E-state index contributed by atoms with van der Waals surface area (Å²) in [6.07, 6.45) is 5.44. The van der Waals surface area contributed by atoms with E-state index in [1.165, 1.54) is 0 Å². The molecular formula is C14H17N3O. The summed E-state index contributed by atoms with van der Waals surface area (Å²) >= 11 is 0. The second-order valence-corrected chi connectivity index (χ2v) is 4.43. The Balaban J connectivity index is 2.31. The number of rotatable bonds is 3. The maximum absolute atomic E-state index is 9.14. The number of aromatic nitrogens is 2. The molecule has 0 saturated carbocycles. The molecule has 0 unspecified atom stereocenters. The summed E-state index contributed by atoms with van der Waals surface area (Å²) in [7, 11) is 1.87. The summed E-state index contributed by atoms with van der Waals surface area (Å²) in [4.78, 5) is 4.40. The zero-order chi connectivity index (χ0) is 13.1. The fraction of sp³-hybridized carbons (Fsp3) is 0.286. The van der Waals surface area contributed by atoms with Gasteiger partial charge in [0.2, 0.25) is 0 Å². The Morgan fingerprint density at radius 3 is 2.50 bits per heavy atom. The van der Waals surface area contributed by atoms with Crippen LogP contribution in [0.5, 0.6) is 0 Å². The summed E-state index contributed by atoms with van der Waals surface area (Å²) in [5, 5.41) is 13.2. The average Bonchev–Trinajstić information content (AvgIpc) is 2.73. The molecule has 0 radical (unpaired) electrons. The van der Waals surface area contributed by atoms with Crippen molar-refractivity contribution in [2.45, 2.75) is 20.5 Å². The van der Waals surface area contributed by atoms with E-state index in [-0.39, 0.29) is 6.61 Å². The molecule has 1 N–H and O–H groups in total. The third kappa shape index (κ3) is 2.65. The molecule has 0 aliphatic rings. The Morgan fingerprint density at radius 2 is 2.00 bits per heavy atom. The molecule has 0 amide bonds. The van der Waals surface area contributed by atoms with Crippen molar-refractivity contribution < 1.29 is 5.11 Å². The lowest BCUT2D eigenvalue weighted by Crippen LogP contribution is -1.95. The first-order chi connectivity index (χ1) is 8.60. The van der Waals surface area contributed by atoms with E-state index >= 15 is 0 Å². The normalized spacial score (nSPS) is 11.3. The van der Waals surface area contributed by atoms with Crippen molar-refractivity contribution in [2.24, 2.45) is 12.0 Å². The summed E-state index contributed by atoms with van der Waals surface area (Å²) < 4.78 is 1.72. The SMILES string of the molecule is Cc1cc(CO)cc(C)c1C=Nc1cnn(C)c1. The Labute approximate surface area is 107 Å². The molecule has 4 heteroatoms. The van der Waals surface area contributed by atoms with Gasteiger partial charge in [0.25, 0.3) is 0 Å². The highest BCUT2D eigenvalue weighted by Gasteiger charge is 2.03. The minimum Gasteiger partial charge on any atom is -0.392 e. The van der Waals surface area contributed by atoms with Gasteiger partial charge >= 0.3 is 0 Å². The molecule has 1 heterocycles. The summed E-state index contributed by atoms with van der Waals surface area (Å²) in [5.74, 6) is 0. The molecule has 4 nitrogen and oxygen atoms in total. The largest absolute Gasteiger partial charge is 0.392 e. The molecule has 2 aromatic rings. The van der Waals surface area contributed by atoms with Crippen LogP contribution in [-0.4, -0.2) is 21.1 Å². The summed E-state index contributed by atoms with van der Waals surface area (Å²) in [6, 6.07) is 3.97. The van der Waals surface area contributed by atoms with Crippen LogP contribution in [0.2, 0.25) is 0 Å². The van der Waals surface area contributed by atoms with Gasteiger partial charge in [0, 0.05) is 13.3 Å². The van der Waals surface area contributed by atoms with Gasteiger partial charge < -0.3 is 5.11 Å². The lowest BCUT2D eigenvalue weighted by molar-refractivity contribution is 0.281. The highest BCUT2D eigenvalue weighted by Crippen LogP contribution is 2.16. The molecule has 1 aromatic heterocycles. The average molecular weight is 243 g/mol. The maximum atomic E-state index is 9.14. The number of aliphatic imine (C=N–C) groups is 1. The Morgan fingerprint density at radius 1 is 1.33 bits per heavy atom.